The fraction of sp³-hybridized carbons (Fsp3) is 0.769. The third-order valence-corrected chi connectivity index (χ3v) is 7.27. The van der Waals surface area contributed by atoms with E-state index in [-0.39, 0.29) is 9.82 Å². The van der Waals surface area contributed by atoms with Crippen molar-refractivity contribution < 1.29 is 44.4 Å². The number of imide groups is 1. The Morgan fingerprint density at radius 3 is 2.15 bits per heavy atom. The standard InChI is InChI=1S/C13H17N2O10S2/c1-3-26(20,21)24-13-8-6(5-14(13)19)7-9(10(8)16)12(18)15(11(7)17)25-27(22,23)4-2/h6-9,13H,3-5H2,1-2H3/q+1. The lowest BCUT2D eigenvalue weighted by atomic mass is 9.90. The van der Waals surface area contributed by atoms with Gasteiger partial charge in [-0.25, -0.2) is 0 Å². The van der Waals surface area contributed by atoms with Crippen molar-refractivity contribution in [2.24, 2.45) is 23.7 Å². The molecule has 1 saturated carbocycles. The number of hydrogen-bond donors (Lipinski definition) is 0. The lowest BCUT2D eigenvalue weighted by Gasteiger charge is -2.16. The lowest BCUT2D eigenvalue weighted by Crippen LogP contribution is -2.40. The normalized spacial score (nSPS) is 33.7. The molecule has 150 valence electrons. The van der Waals surface area contributed by atoms with Crippen molar-refractivity contribution in [2.75, 3.05) is 18.1 Å². The highest BCUT2D eigenvalue weighted by atomic mass is 32.2. The zero-order valence-corrected chi connectivity index (χ0v) is 15.9. The van der Waals surface area contributed by atoms with E-state index in [2.05, 4.69) is 4.28 Å². The fourth-order valence-electron chi connectivity index (χ4n) is 3.67. The number of hydroxylamine groups is 2. The van der Waals surface area contributed by atoms with Gasteiger partial charge in [0, 0.05) is 9.67 Å². The Kier molecular flexibility index (Phi) is 4.73. The van der Waals surface area contributed by atoms with Crippen LogP contribution in [-0.2, 0) is 43.1 Å². The van der Waals surface area contributed by atoms with E-state index >= 15 is 0 Å². The number of amides is 2. The first kappa shape index (κ1) is 20.0. The first-order chi connectivity index (χ1) is 12.4. The van der Waals surface area contributed by atoms with Crippen LogP contribution in [-0.4, -0.2) is 68.5 Å². The zero-order chi connectivity index (χ0) is 20.3. The summed E-state index contributed by atoms with van der Waals surface area (Å²) in [5, 5.41) is 0.0500. The van der Waals surface area contributed by atoms with E-state index in [1.165, 1.54) is 13.8 Å². The quantitative estimate of drug-likeness (QED) is 0.205. The molecule has 0 radical (unpaired) electrons. The lowest BCUT2D eigenvalue weighted by molar-refractivity contribution is -0.603. The molecule has 2 amide bonds. The molecule has 3 rings (SSSR count). The first-order valence-electron chi connectivity index (χ1n) is 8.12. The molecule has 14 heteroatoms. The van der Waals surface area contributed by atoms with Gasteiger partial charge in [0.15, 0.2) is 12.3 Å². The van der Waals surface area contributed by atoms with Gasteiger partial charge < -0.3 is 0 Å². The number of Topliss-reactive ketones (excluding diaryl/α,β-unsaturated/α-hetero) is 1. The zero-order valence-electron chi connectivity index (χ0n) is 14.3. The number of carbonyl (C=O) groups is 3. The molecule has 3 aliphatic rings. The van der Waals surface area contributed by atoms with Crippen molar-refractivity contribution in [1.82, 2.24) is 5.06 Å². The minimum absolute atomic E-state index is 0.0500. The molecule has 0 aromatic carbocycles. The Labute approximate surface area is 154 Å². The summed E-state index contributed by atoms with van der Waals surface area (Å²) in [5.41, 5.74) is 0. The molecular formula is C13H17N2O10S2+. The summed E-state index contributed by atoms with van der Waals surface area (Å²) in [7, 11) is -8.26. The van der Waals surface area contributed by atoms with Gasteiger partial charge >= 0.3 is 6.23 Å². The van der Waals surface area contributed by atoms with Crippen LogP contribution >= 0.6 is 0 Å². The molecule has 5 atom stereocenters. The highest BCUT2D eigenvalue weighted by molar-refractivity contribution is 7.86. The number of fused-ring (bicyclic) bond motifs is 3. The van der Waals surface area contributed by atoms with Crippen LogP contribution < -0.4 is 0 Å². The monoisotopic (exact) mass is 425 g/mol. The molecular weight excluding hydrogens is 408 g/mol. The van der Waals surface area contributed by atoms with Gasteiger partial charge in [0.1, 0.15) is 11.8 Å². The average molecular weight is 425 g/mol. The predicted octanol–water partition coefficient (Wildman–Crippen LogP) is -1.83. The van der Waals surface area contributed by atoms with Crippen LogP contribution in [0.25, 0.3) is 0 Å². The largest absolute Gasteiger partial charge is 0.329 e. The van der Waals surface area contributed by atoms with Gasteiger partial charge in [0.2, 0.25) is 0 Å². The Balaban J connectivity index is 1.91. The molecule has 0 aromatic heterocycles. The summed E-state index contributed by atoms with van der Waals surface area (Å²) in [5.74, 6) is -9.03. The van der Waals surface area contributed by atoms with Crippen molar-refractivity contribution in [3.63, 3.8) is 0 Å². The maximum absolute atomic E-state index is 12.7. The maximum Gasteiger partial charge on any atom is 0.329 e. The van der Waals surface area contributed by atoms with E-state index in [4.69, 9.17) is 4.18 Å². The molecule has 3 fully saturated rings. The minimum Gasteiger partial charge on any atom is -0.298 e. The van der Waals surface area contributed by atoms with Gasteiger partial charge in [-0.15, -0.1) is 9.35 Å². The third-order valence-electron chi connectivity index (χ3n) is 4.99. The van der Waals surface area contributed by atoms with Gasteiger partial charge in [0.05, 0.1) is 23.3 Å². The topological polar surface area (TPSA) is 161 Å². The fourth-order valence-corrected chi connectivity index (χ4v) is 4.80. The SMILES string of the molecule is CCS(=O)(=O)OC1C2C(=O)C3C(=O)N(OS(=O)(=O)CC)C(=O)C3C2C[N+]1=O. The van der Waals surface area contributed by atoms with Crippen LogP contribution in [0.4, 0.5) is 0 Å². The van der Waals surface area contributed by atoms with Crippen LogP contribution in [0.15, 0.2) is 0 Å². The molecule has 0 N–H and O–H groups in total. The summed E-state index contributed by atoms with van der Waals surface area (Å²) in [6, 6.07) is 0. The van der Waals surface area contributed by atoms with Crippen molar-refractivity contribution >= 4 is 37.8 Å². The predicted molar refractivity (Wildman–Crippen MR) is 84.2 cm³/mol. The summed E-state index contributed by atoms with van der Waals surface area (Å²) in [4.78, 5) is 49.7. The smallest absolute Gasteiger partial charge is 0.298 e. The highest BCUT2D eigenvalue weighted by Gasteiger charge is 2.72. The second kappa shape index (κ2) is 6.39. The molecule has 0 spiro atoms. The molecule has 5 unspecified atom stereocenters. The molecule has 12 nitrogen and oxygen atoms in total. The molecule has 0 bridgehead atoms. The molecule has 1 aliphatic carbocycles. The van der Waals surface area contributed by atoms with Crippen LogP contribution in [0.1, 0.15) is 13.8 Å². The number of carbonyl (C=O) groups excluding carboxylic acids is 3. The average Bonchev–Trinajstić information content (AvgIpc) is 3.14. The number of rotatable bonds is 6. The van der Waals surface area contributed by atoms with Crippen LogP contribution in [0, 0.1) is 28.6 Å². The number of hydrogen-bond acceptors (Lipinski definition) is 10. The summed E-state index contributed by atoms with van der Waals surface area (Å²) < 4.78 is 56.1. The molecule has 27 heavy (non-hydrogen) atoms. The van der Waals surface area contributed by atoms with E-state index in [0.717, 1.165) is 0 Å². The summed E-state index contributed by atoms with van der Waals surface area (Å²) >= 11 is 0. The van der Waals surface area contributed by atoms with E-state index < -0.39 is 85.8 Å². The van der Waals surface area contributed by atoms with E-state index in [1.54, 1.807) is 0 Å². The highest BCUT2D eigenvalue weighted by Crippen LogP contribution is 2.50. The van der Waals surface area contributed by atoms with E-state index in [0.29, 0.717) is 0 Å². The van der Waals surface area contributed by atoms with Gasteiger partial charge in [-0.1, -0.05) is 0 Å². The van der Waals surface area contributed by atoms with Gasteiger partial charge in [-0.3, -0.25) is 14.4 Å². The second-order valence-corrected chi connectivity index (χ2v) is 10.1. The summed E-state index contributed by atoms with van der Waals surface area (Å²) in [6.45, 7) is 2.12. The summed E-state index contributed by atoms with van der Waals surface area (Å²) in [6.07, 6.45) is -1.66. The van der Waals surface area contributed by atoms with Crippen molar-refractivity contribution in [1.29, 1.82) is 0 Å². The van der Waals surface area contributed by atoms with Crippen LogP contribution in [0.2, 0.25) is 0 Å². The second-order valence-electron chi connectivity index (χ2n) is 6.42. The molecule has 2 aliphatic heterocycles. The number of ketones is 1. The van der Waals surface area contributed by atoms with Gasteiger partial charge in [-0.2, -0.15) is 21.0 Å². The van der Waals surface area contributed by atoms with E-state index in [1.807, 2.05) is 0 Å². The minimum atomic E-state index is -4.19. The maximum atomic E-state index is 12.7. The number of nitrogens with zero attached hydrogens (tertiary/aromatic N) is 2. The Morgan fingerprint density at radius 1 is 1.00 bits per heavy atom. The van der Waals surface area contributed by atoms with Crippen LogP contribution in [0.5, 0.6) is 0 Å². The Hall–Kier alpha value is -1.77. The third kappa shape index (κ3) is 3.09. The molecule has 0 aromatic rings. The van der Waals surface area contributed by atoms with E-state index in [9.17, 15) is 36.1 Å². The van der Waals surface area contributed by atoms with Crippen molar-refractivity contribution in [3.8, 4) is 0 Å². The van der Waals surface area contributed by atoms with Gasteiger partial charge in [0.25, 0.3) is 32.1 Å². The Morgan fingerprint density at radius 2 is 1.59 bits per heavy atom. The van der Waals surface area contributed by atoms with Crippen molar-refractivity contribution in [2.45, 2.75) is 20.1 Å². The Bertz CT molecular complexity index is 940. The van der Waals surface area contributed by atoms with Crippen molar-refractivity contribution in [3.05, 3.63) is 4.91 Å². The first-order valence-corrected chi connectivity index (χ1v) is 11.3. The molecule has 2 saturated heterocycles. The van der Waals surface area contributed by atoms with Gasteiger partial charge in [-0.05, 0) is 13.8 Å². The molecule has 2 heterocycles. The number of nitroso groups, excluding NO2 is 1. The van der Waals surface area contributed by atoms with Crippen LogP contribution in [0.3, 0.4) is 0 Å².